The summed E-state index contributed by atoms with van der Waals surface area (Å²) in [5, 5.41) is 5.09. The van der Waals surface area contributed by atoms with E-state index in [1.807, 2.05) is 19.6 Å². The summed E-state index contributed by atoms with van der Waals surface area (Å²) in [4.78, 5) is 0. The van der Waals surface area contributed by atoms with E-state index in [9.17, 15) is 0 Å². The number of nitrogens with zero attached hydrogens (tertiary/aromatic N) is 1. The second-order valence-corrected chi connectivity index (χ2v) is 18.3. The summed E-state index contributed by atoms with van der Waals surface area (Å²) in [6.45, 7) is 24.5. The number of allylic oxidation sites excluding steroid dienone is 3. The molecule has 0 fully saturated rings. The maximum absolute atomic E-state index is 6.87. The smallest absolute Gasteiger partial charge is 0.657 e. The summed E-state index contributed by atoms with van der Waals surface area (Å²) in [6.07, 6.45) is 6.51. The minimum Gasteiger partial charge on any atom is -0.657 e. The summed E-state index contributed by atoms with van der Waals surface area (Å²) >= 11 is 0. The normalized spacial score (nSPS) is 16.2. The molecule has 0 aromatic heterocycles. The van der Waals surface area contributed by atoms with Gasteiger partial charge in [-0.3, -0.25) is 0 Å². The molecule has 1 nitrogen and oxygen atoms in total. The molecule has 1 aliphatic rings. The van der Waals surface area contributed by atoms with Crippen LogP contribution in [-0.2, 0) is 17.1 Å². The molecular formula is C28H46FeNPSi. The molecule has 0 saturated heterocycles. The molecule has 0 amide bonds. The van der Waals surface area contributed by atoms with Crippen LogP contribution in [0.2, 0.25) is 19.6 Å². The van der Waals surface area contributed by atoms with Crippen molar-refractivity contribution in [1.29, 1.82) is 0 Å². The molecule has 2 rings (SSSR count). The SMILES string of the molecule is CC(C)c1cccc(C(C)C)c1C1=CC=C/C(=C/P(C(C)C)C(C)C)[N-]1.[2H][C-]([2H])[Si](C)(C)C.[Fe+2]. The van der Waals surface area contributed by atoms with Gasteiger partial charge in [-0.25, -0.2) is 2.74 Å². The molecule has 0 bridgehead atoms. The van der Waals surface area contributed by atoms with E-state index in [1.165, 1.54) is 16.7 Å². The second kappa shape index (κ2) is 14.0. The predicted octanol–water partition coefficient (Wildman–Crippen LogP) is 10.1. The van der Waals surface area contributed by atoms with Crippen LogP contribution in [0, 0.1) is 6.50 Å². The van der Waals surface area contributed by atoms with Crippen molar-refractivity contribution in [3.8, 4) is 0 Å². The molecule has 1 aliphatic heterocycles. The Morgan fingerprint density at radius 3 is 1.78 bits per heavy atom. The number of hydrogen-bond acceptors (Lipinski definition) is 0. The van der Waals surface area contributed by atoms with Crippen molar-refractivity contribution >= 4 is 21.7 Å². The molecule has 180 valence electrons. The standard InChI is InChI=1S/C24H35NP.C4H11Si.Fe/c1-16(2)21-12-10-13-22(17(3)4)24(21)23-14-9-11-20(25-23)15-26(18(5)6)19(7)8;1-5(2,3)4;/h9-19H,1-8H3;1H2,2-4H3;/q2*-1;+2/b20-15-;;/i;1D2;. The van der Waals surface area contributed by atoms with E-state index < -0.39 is 8.07 Å². The van der Waals surface area contributed by atoms with Gasteiger partial charge in [-0.1, -0.05) is 125 Å². The maximum Gasteiger partial charge on any atom is 2.00 e. The first-order valence-electron chi connectivity index (χ1n) is 12.7. The molecule has 4 heteroatoms. The predicted molar refractivity (Wildman–Crippen MR) is 149 cm³/mol. The van der Waals surface area contributed by atoms with Crippen LogP contribution in [0.1, 0.15) is 86.7 Å². The Balaban J connectivity index is 0.00000119. The minimum absolute atomic E-state index is 0. The minimum atomic E-state index is -1.48. The van der Waals surface area contributed by atoms with E-state index in [0.717, 1.165) is 11.4 Å². The Kier molecular flexibility index (Phi) is 12.1. The molecule has 0 unspecified atom stereocenters. The molecule has 0 aliphatic carbocycles. The van der Waals surface area contributed by atoms with Crippen molar-refractivity contribution < 1.29 is 19.8 Å². The van der Waals surface area contributed by atoms with Crippen molar-refractivity contribution in [2.45, 2.75) is 98.2 Å². The molecule has 0 atom stereocenters. The second-order valence-electron chi connectivity index (χ2n) is 10.6. The summed E-state index contributed by atoms with van der Waals surface area (Å²) in [7, 11) is -1.65. The van der Waals surface area contributed by atoms with Crippen LogP contribution in [0.4, 0.5) is 0 Å². The van der Waals surface area contributed by atoms with Gasteiger partial charge in [0.25, 0.3) is 0 Å². The van der Waals surface area contributed by atoms with Gasteiger partial charge >= 0.3 is 17.1 Å². The van der Waals surface area contributed by atoms with Gasteiger partial charge in [0.1, 0.15) is 0 Å². The van der Waals surface area contributed by atoms with Gasteiger partial charge in [0.05, 0.1) is 0 Å². The third-order valence-electron chi connectivity index (χ3n) is 4.87. The molecule has 0 radical (unpaired) electrons. The van der Waals surface area contributed by atoms with Crippen molar-refractivity contribution in [3.05, 3.63) is 76.4 Å². The van der Waals surface area contributed by atoms with Crippen molar-refractivity contribution in [2.24, 2.45) is 0 Å². The third kappa shape index (κ3) is 10.6. The first-order valence-corrected chi connectivity index (χ1v) is 16.7. The van der Waals surface area contributed by atoms with Crippen LogP contribution in [0.15, 0.2) is 47.9 Å². The first kappa shape index (κ1) is 27.6. The number of benzene rings is 1. The van der Waals surface area contributed by atoms with Gasteiger partial charge < -0.3 is 11.8 Å². The zero-order chi connectivity index (χ0) is 25.5. The first-order chi connectivity index (χ1) is 15.2. The Bertz CT molecular complexity index is 818. The summed E-state index contributed by atoms with van der Waals surface area (Å²) < 4.78 is 13.7. The summed E-state index contributed by atoms with van der Waals surface area (Å²) in [5.74, 6) is 3.41. The molecule has 32 heavy (non-hydrogen) atoms. The average molecular weight is 514 g/mol. The number of rotatable bonds is 7. The van der Waals surface area contributed by atoms with E-state index in [2.05, 4.69) is 97.6 Å². The molecule has 1 aromatic rings. The molecule has 0 saturated carbocycles. The monoisotopic (exact) mass is 513 g/mol. The van der Waals surface area contributed by atoms with Gasteiger partial charge in [0.15, 0.2) is 0 Å². The quantitative estimate of drug-likeness (QED) is 0.196. The van der Waals surface area contributed by atoms with Gasteiger partial charge in [-0.05, 0) is 39.8 Å². The zero-order valence-corrected chi connectivity index (χ0v) is 25.1. The van der Waals surface area contributed by atoms with Gasteiger partial charge in [0.2, 0.25) is 0 Å². The van der Waals surface area contributed by atoms with E-state index in [0.29, 0.717) is 23.2 Å². The van der Waals surface area contributed by atoms with E-state index in [1.54, 1.807) is 0 Å². The van der Waals surface area contributed by atoms with Crippen LogP contribution >= 0.6 is 7.92 Å². The molecular weight excluding hydrogens is 465 g/mol. The largest absolute Gasteiger partial charge is 2.00 e. The third-order valence-corrected chi connectivity index (χ3v) is 7.82. The van der Waals surface area contributed by atoms with E-state index in [-0.39, 0.29) is 31.5 Å². The van der Waals surface area contributed by atoms with E-state index in [4.69, 9.17) is 8.06 Å². The van der Waals surface area contributed by atoms with E-state index >= 15 is 0 Å². The molecule has 0 N–H and O–H groups in total. The molecule has 0 spiro atoms. The topological polar surface area (TPSA) is 14.1 Å². The average Bonchev–Trinajstić information content (AvgIpc) is 2.70. The Labute approximate surface area is 215 Å². The molecule has 1 heterocycles. The van der Waals surface area contributed by atoms with Crippen molar-refractivity contribution in [3.63, 3.8) is 0 Å². The molecule has 1 aromatic carbocycles. The van der Waals surface area contributed by atoms with Gasteiger partial charge in [0, 0.05) is 0 Å². The Morgan fingerprint density at radius 1 is 0.938 bits per heavy atom. The van der Waals surface area contributed by atoms with Crippen LogP contribution in [0.25, 0.3) is 11.0 Å². The summed E-state index contributed by atoms with van der Waals surface area (Å²) in [6, 6.07) is 6.72. The zero-order valence-electron chi connectivity index (χ0n) is 24.1. The van der Waals surface area contributed by atoms with Gasteiger partial charge in [-0.2, -0.15) is 0 Å². The Hall–Kier alpha value is -0.594. The van der Waals surface area contributed by atoms with Crippen molar-refractivity contribution in [2.75, 3.05) is 0 Å². The maximum atomic E-state index is 6.87. The Morgan fingerprint density at radius 2 is 1.41 bits per heavy atom. The summed E-state index contributed by atoms with van der Waals surface area (Å²) in [5.41, 5.74) is 7.76. The fourth-order valence-electron chi connectivity index (χ4n) is 3.56. The van der Waals surface area contributed by atoms with Crippen LogP contribution in [-0.4, -0.2) is 19.4 Å². The van der Waals surface area contributed by atoms with Crippen LogP contribution < -0.4 is 0 Å². The fraction of sp³-hybridized carbons (Fsp3) is 0.536. The van der Waals surface area contributed by atoms with Crippen molar-refractivity contribution in [1.82, 2.24) is 0 Å². The van der Waals surface area contributed by atoms with Crippen LogP contribution in [0.5, 0.6) is 0 Å². The fourth-order valence-corrected chi connectivity index (χ4v) is 5.79. The van der Waals surface area contributed by atoms with Gasteiger partial charge in [-0.15, -0.1) is 19.5 Å². The number of hydrogen-bond donors (Lipinski definition) is 0. The van der Waals surface area contributed by atoms with Crippen LogP contribution in [0.3, 0.4) is 0 Å².